The summed E-state index contributed by atoms with van der Waals surface area (Å²) in [6, 6.07) is 15.8. The number of amides is 1. The van der Waals surface area contributed by atoms with Crippen molar-refractivity contribution in [2.45, 2.75) is 13.0 Å². The summed E-state index contributed by atoms with van der Waals surface area (Å²) < 4.78 is 31.7. The second-order valence-corrected chi connectivity index (χ2v) is 6.29. The smallest absolute Gasteiger partial charge is 0.338 e. The molecule has 0 spiro atoms. The first-order valence-electron chi connectivity index (χ1n) is 8.70. The molecule has 1 atom stereocenters. The van der Waals surface area contributed by atoms with Crippen molar-refractivity contribution in [3.63, 3.8) is 0 Å². The minimum absolute atomic E-state index is 0.154. The van der Waals surface area contributed by atoms with E-state index in [1.807, 2.05) is 0 Å². The molecule has 29 heavy (non-hydrogen) atoms. The Labute approximate surface area is 165 Å². The predicted octanol–water partition coefficient (Wildman–Crippen LogP) is 4.52. The van der Waals surface area contributed by atoms with Crippen LogP contribution >= 0.6 is 0 Å². The minimum atomic E-state index is -1.19. The first-order chi connectivity index (χ1) is 13.8. The van der Waals surface area contributed by atoms with Crippen molar-refractivity contribution in [1.82, 2.24) is 0 Å². The van der Waals surface area contributed by atoms with Gasteiger partial charge in [-0.1, -0.05) is 24.3 Å². The molecular formula is C22H17F2NO4. The molecule has 0 aliphatic heterocycles. The third-order valence-corrected chi connectivity index (χ3v) is 4.16. The summed E-state index contributed by atoms with van der Waals surface area (Å²) in [6.07, 6.45) is -1.19. The Bertz CT molecular complexity index is 1030. The minimum Gasteiger partial charge on any atom is -0.508 e. The topological polar surface area (TPSA) is 75.6 Å². The fourth-order valence-corrected chi connectivity index (χ4v) is 2.56. The molecule has 1 amide bonds. The third-order valence-electron chi connectivity index (χ3n) is 4.16. The lowest BCUT2D eigenvalue weighted by molar-refractivity contribution is -0.123. The Hall–Kier alpha value is -3.74. The van der Waals surface area contributed by atoms with Gasteiger partial charge in [-0.25, -0.2) is 13.6 Å². The highest BCUT2D eigenvalue weighted by Crippen LogP contribution is 2.22. The lowest BCUT2D eigenvalue weighted by atomic mass is 10.0. The lowest BCUT2D eigenvalue weighted by Gasteiger charge is -2.14. The van der Waals surface area contributed by atoms with Crippen LogP contribution < -0.4 is 5.32 Å². The van der Waals surface area contributed by atoms with Gasteiger partial charge in [-0.15, -0.1) is 0 Å². The molecule has 5 nitrogen and oxygen atoms in total. The number of carbonyl (C=O) groups is 2. The molecule has 0 bridgehead atoms. The summed E-state index contributed by atoms with van der Waals surface area (Å²) >= 11 is 0. The maximum atomic E-state index is 13.6. The van der Waals surface area contributed by atoms with Crippen LogP contribution in [0, 0.1) is 11.6 Å². The number of anilines is 1. The van der Waals surface area contributed by atoms with Gasteiger partial charge in [-0.05, 0) is 54.4 Å². The van der Waals surface area contributed by atoms with Gasteiger partial charge in [-0.2, -0.15) is 0 Å². The Morgan fingerprint density at radius 3 is 2.10 bits per heavy atom. The van der Waals surface area contributed by atoms with Gasteiger partial charge < -0.3 is 15.2 Å². The van der Waals surface area contributed by atoms with E-state index < -0.39 is 29.6 Å². The molecule has 2 N–H and O–H groups in total. The lowest BCUT2D eigenvalue weighted by Crippen LogP contribution is -2.30. The standard InChI is InChI=1S/C22H17F2NO4/c1-13(21(27)25-20-11-8-17(23)12-19(20)24)29-22(28)16-4-2-14(3-5-16)15-6-9-18(26)10-7-15/h2-13,26H,1H3,(H,25,27)/t13-/m0/s1. The van der Waals surface area contributed by atoms with Crippen molar-refractivity contribution >= 4 is 17.6 Å². The average Bonchev–Trinajstić information content (AvgIpc) is 2.70. The van der Waals surface area contributed by atoms with Gasteiger partial charge in [0, 0.05) is 6.07 Å². The maximum Gasteiger partial charge on any atom is 0.338 e. The van der Waals surface area contributed by atoms with Gasteiger partial charge in [0.25, 0.3) is 5.91 Å². The number of phenolic OH excluding ortho intramolecular Hbond substituents is 1. The first-order valence-corrected chi connectivity index (χ1v) is 8.70. The van der Waals surface area contributed by atoms with E-state index >= 15 is 0 Å². The number of ether oxygens (including phenoxy) is 1. The SMILES string of the molecule is C[C@H](OC(=O)c1ccc(-c2ccc(O)cc2)cc1)C(=O)Nc1ccc(F)cc1F. The van der Waals surface area contributed by atoms with Gasteiger partial charge in [0.1, 0.15) is 17.4 Å². The van der Waals surface area contributed by atoms with Crippen LogP contribution in [-0.2, 0) is 9.53 Å². The number of aromatic hydroxyl groups is 1. The Balaban J connectivity index is 1.62. The zero-order chi connectivity index (χ0) is 21.0. The fraction of sp³-hybridized carbons (Fsp3) is 0.0909. The summed E-state index contributed by atoms with van der Waals surface area (Å²) in [5, 5.41) is 11.6. The van der Waals surface area contributed by atoms with Gasteiger partial charge in [-0.3, -0.25) is 4.79 Å². The van der Waals surface area contributed by atoms with Crippen LogP contribution in [0.4, 0.5) is 14.5 Å². The molecule has 0 heterocycles. The fourth-order valence-electron chi connectivity index (χ4n) is 2.56. The number of nitrogens with one attached hydrogen (secondary N) is 1. The summed E-state index contributed by atoms with van der Waals surface area (Å²) in [4.78, 5) is 24.4. The van der Waals surface area contributed by atoms with E-state index in [0.717, 1.165) is 23.3 Å². The van der Waals surface area contributed by atoms with Crippen LogP contribution in [0.2, 0.25) is 0 Å². The molecule has 0 aromatic heterocycles. The molecule has 3 aromatic carbocycles. The summed E-state index contributed by atoms with van der Waals surface area (Å²) in [5.41, 5.74) is 1.72. The van der Waals surface area contributed by atoms with Crippen molar-refractivity contribution < 1.29 is 28.2 Å². The van der Waals surface area contributed by atoms with Gasteiger partial charge in [0.15, 0.2) is 6.10 Å². The van der Waals surface area contributed by atoms with E-state index in [-0.39, 0.29) is 17.0 Å². The van der Waals surface area contributed by atoms with Crippen molar-refractivity contribution in [3.05, 3.63) is 83.9 Å². The van der Waals surface area contributed by atoms with Crippen molar-refractivity contribution in [3.8, 4) is 16.9 Å². The molecule has 0 saturated carbocycles. The van der Waals surface area contributed by atoms with Crippen LogP contribution in [0.3, 0.4) is 0 Å². The van der Waals surface area contributed by atoms with E-state index in [2.05, 4.69) is 5.32 Å². The normalized spacial score (nSPS) is 11.6. The average molecular weight is 397 g/mol. The largest absolute Gasteiger partial charge is 0.508 e. The van der Waals surface area contributed by atoms with Gasteiger partial charge >= 0.3 is 5.97 Å². The molecule has 0 fully saturated rings. The second kappa shape index (κ2) is 8.52. The first kappa shape index (κ1) is 20.0. The highest BCUT2D eigenvalue weighted by atomic mass is 19.1. The molecule has 0 aliphatic rings. The second-order valence-electron chi connectivity index (χ2n) is 6.29. The molecule has 0 unspecified atom stereocenters. The summed E-state index contributed by atoms with van der Waals surface area (Å²) in [7, 11) is 0. The molecule has 3 rings (SSSR count). The number of rotatable bonds is 5. The Morgan fingerprint density at radius 2 is 1.52 bits per heavy atom. The highest BCUT2D eigenvalue weighted by molar-refractivity contribution is 5.97. The van der Waals surface area contributed by atoms with Gasteiger partial charge in [0.2, 0.25) is 0 Å². The number of phenols is 1. The van der Waals surface area contributed by atoms with Crippen LogP contribution in [0.15, 0.2) is 66.7 Å². The predicted molar refractivity (Wildman–Crippen MR) is 103 cm³/mol. The maximum absolute atomic E-state index is 13.6. The van der Waals surface area contributed by atoms with E-state index in [4.69, 9.17) is 4.74 Å². The van der Waals surface area contributed by atoms with Crippen LogP contribution in [-0.4, -0.2) is 23.1 Å². The molecule has 7 heteroatoms. The number of hydrogen-bond acceptors (Lipinski definition) is 4. The molecule has 148 valence electrons. The van der Waals surface area contributed by atoms with E-state index in [1.54, 1.807) is 48.5 Å². The van der Waals surface area contributed by atoms with Gasteiger partial charge in [0.05, 0.1) is 11.3 Å². The van der Waals surface area contributed by atoms with Crippen LogP contribution in [0.25, 0.3) is 11.1 Å². The van der Waals surface area contributed by atoms with E-state index in [1.165, 1.54) is 6.92 Å². The van der Waals surface area contributed by atoms with E-state index in [0.29, 0.717) is 6.07 Å². The molecular weight excluding hydrogens is 380 g/mol. The van der Waals surface area contributed by atoms with Crippen molar-refractivity contribution in [2.75, 3.05) is 5.32 Å². The Morgan fingerprint density at radius 1 is 0.931 bits per heavy atom. The Kier molecular flexibility index (Phi) is 5.87. The highest BCUT2D eigenvalue weighted by Gasteiger charge is 2.20. The number of carbonyl (C=O) groups excluding carboxylic acids is 2. The monoisotopic (exact) mass is 397 g/mol. The zero-order valence-corrected chi connectivity index (χ0v) is 15.4. The van der Waals surface area contributed by atoms with Crippen LogP contribution in [0.1, 0.15) is 17.3 Å². The molecule has 0 radical (unpaired) electrons. The zero-order valence-electron chi connectivity index (χ0n) is 15.4. The molecule has 0 saturated heterocycles. The van der Waals surface area contributed by atoms with Crippen molar-refractivity contribution in [1.29, 1.82) is 0 Å². The molecule has 3 aromatic rings. The number of benzene rings is 3. The summed E-state index contributed by atoms with van der Waals surface area (Å²) in [5.74, 6) is -3.01. The van der Waals surface area contributed by atoms with Crippen LogP contribution in [0.5, 0.6) is 5.75 Å². The third kappa shape index (κ3) is 4.95. The number of esters is 1. The summed E-state index contributed by atoms with van der Waals surface area (Å²) in [6.45, 7) is 1.35. The number of hydrogen-bond donors (Lipinski definition) is 2. The van der Waals surface area contributed by atoms with Crippen molar-refractivity contribution in [2.24, 2.45) is 0 Å². The van der Waals surface area contributed by atoms with E-state index in [9.17, 15) is 23.5 Å². The quantitative estimate of drug-likeness (QED) is 0.621. The number of halogens is 2. The molecule has 0 aliphatic carbocycles.